The zero-order valence-corrected chi connectivity index (χ0v) is 10.8. The van der Waals surface area contributed by atoms with Crippen molar-refractivity contribution in [2.45, 2.75) is 26.4 Å². The largest absolute Gasteiger partial charge is 0.378 e. The summed E-state index contributed by atoms with van der Waals surface area (Å²) >= 11 is 0. The molecular formula is C9H18N4O3S. The van der Waals surface area contributed by atoms with Crippen LogP contribution in [0, 0.1) is 0 Å². The Kier molecular flexibility index (Phi) is 5.52. The smallest absolute Gasteiger partial charge is 0.213 e. The van der Waals surface area contributed by atoms with Gasteiger partial charge in [0, 0.05) is 13.0 Å². The van der Waals surface area contributed by atoms with Gasteiger partial charge < -0.3 is 4.74 Å². The van der Waals surface area contributed by atoms with Crippen molar-refractivity contribution in [3.05, 3.63) is 12.2 Å². The van der Waals surface area contributed by atoms with Gasteiger partial charge in [0.2, 0.25) is 10.0 Å². The van der Waals surface area contributed by atoms with Gasteiger partial charge in [-0.15, -0.1) is 0 Å². The summed E-state index contributed by atoms with van der Waals surface area (Å²) in [6, 6.07) is 0. The SMILES string of the molecule is CC(C)OCCS(=O)(=O)NCCc1ncn[nH]1. The van der Waals surface area contributed by atoms with Crippen LogP contribution in [0.15, 0.2) is 6.33 Å². The van der Waals surface area contributed by atoms with Crippen LogP contribution < -0.4 is 4.72 Å². The Bertz CT molecular complexity index is 402. The average molecular weight is 262 g/mol. The van der Waals surface area contributed by atoms with E-state index in [0.29, 0.717) is 18.8 Å². The molecule has 1 aromatic heterocycles. The summed E-state index contributed by atoms with van der Waals surface area (Å²) in [6.45, 7) is 4.24. The van der Waals surface area contributed by atoms with Crippen LogP contribution in [0.1, 0.15) is 19.7 Å². The molecule has 0 amide bonds. The van der Waals surface area contributed by atoms with E-state index in [0.717, 1.165) is 0 Å². The summed E-state index contributed by atoms with van der Waals surface area (Å²) in [6.07, 6.45) is 1.92. The first-order valence-corrected chi connectivity index (χ1v) is 7.08. The number of nitrogens with zero attached hydrogens (tertiary/aromatic N) is 2. The summed E-state index contributed by atoms with van der Waals surface area (Å²) < 4.78 is 30.7. The molecule has 17 heavy (non-hydrogen) atoms. The molecule has 8 heteroatoms. The molecular weight excluding hydrogens is 244 g/mol. The lowest BCUT2D eigenvalue weighted by Crippen LogP contribution is -2.30. The van der Waals surface area contributed by atoms with Gasteiger partial charge in [-0.1, -0.05) is 0 Å². The molecule has 0 saturated heterocycles. The van der Waals surface area contributed by atoms with Crippen LogP contribution in [-0.2, 0) is 21.2 Å². The maximum atomic E-state index is 11.5. The van der Waals surface area contributed by atoms with Gasteiger partial charge in [0.1, 0.15) is 12.2 Å². The topological polar surface area (TPSA) is 97.0 Å². The molecule has 0 radical (unpaired) electrons. The standard InChI is InChI=1S/C9H18N4O3S/c1-8(2)16-5-6-17(14,15)12-4-3-9-10-7-11-13-9/h7-8,12H,3-6H2,1-2H3,(H,10,11,13). The number of hydrogen-bond donors (Lipinski definition) is 2. The van der Waals surface area contributed by atoms with Crippen LogP contribution in [-0.4, -0.2) is 48.6 Å². The summed E-state index contributed by atoms with van der Waals surface area (Å²) in [4.78, 5) is 3.89. The van der Waals surface area contributed by atoms with E-state index < -0.39 is 10.0 Å². The zero-order valence-electron chi connectivity index (χ0n) is 10.0. The molecule has 0 saturated carbocycles. The monoisotopic (exact) mass is 262 g/mol. The van der Waals surface area contributed by atoms with Crippen molar-refractivity contribution in [3.63, 3.8) is 0 Å². The van der Waals surface area contributed by atoms with Gasteiger partial charge in [-0.2, -0.15) is 5.10 Å². The third-order valence-electron chi connectivity index (χ3n) is 1.95. The second kappa shape index (κ2) is 6.67. The van der Waals surface area contributed by atoms with Crippen LogP contribution in [0.3, 0.4) is 0 Å². The molecule has 1 heterocycles. The fourth-order valence-corrected chi connectivity index (χ4v) is 2.01. The number of sulfonamides is 1. The molecule has 0 aromatic carbocycles. The van der Waals surface area contributed by atoms with Crippen molar-refractivity contribution in [2.24, 2.45) is 0 Å². The summed E-state index contributed by atoms with van der Waals surface area (Å²) in [5, 5.41) is 6.33. The van der Waals surface area contributed by atoms with Gasteiger partial charge in [0.15, 0.2) is 0 Å². The van der Waals surface area contributed by atoms with Crippen LogP contribution in [0.4, 0.5) is 0 Å². The van der Waals surface area contributed by atoms with Crippen molar-refractivity contribution >= 4 is 10.0 Å². The lowest BCUT2D eigenvalue weighted by Gasteiger charge is -2.08. The Balaban J connectivity index is 2.20. The molecule has 0 bridgehead atoms. The van der Waals surface area contributed by atoms with Gasteiger partial charge in [0.25, 0.3) is 0 Å². The number of H-pyrrole nitrogens is 1. The number of rotatable bonds is 8. The van der Waals surface area contributed by atoms with Crippen LogP contribution in [0.5, 0.6) is 0 Å². The molecule has 0 spiro atoms. The normalized spacial score (nSPS) is 12.2. The Hall–Kier alpha value is -0.990. The highest BCUT2D eigenvalue weighted by Gasteiger charge is 2.10. The number of aromatic amines is 1. The first kappa shape index (κ1) is 14.1. The van der Waals surface area contributed by atoms with E-state index in [2.05, 4.69) is 19.9 Å². The molecule has 0 aliphatic heterocycles. The van der Waals surface area contributed by atoms with E-state index in [-0.39, 0.29) is 18.5 Å². The molecule has 98 valence electrons. The van der Waals surface area contributed by atoms with E-state index in [1.807, 2.05) is 13.8 Å². The Labute approximate surface area is 101 Å². The molecule has 0 unspecified atom stereocenters. The summed E-state index contributed by atoms with van der Waals surface area (Å²) in [7, 11) is -3.27. The minimum absolute atomic E-state index is 0.0262. The zero-order chi connectivity index (χ0) is 12.7. The maximum absolute atomic E-state index is 11.5. The van der Waals surface area contributed by atoms with E-state index in [1.165, 1.54) is 6.33 Å². The molecule has 0 aliphatic carbocycles. The fraction of sp³-hybridized carbons (Fsp3) is 0.778. The van der Waals surface area contributed by atoms with Gasteiger partial charge >= 0.3 is 0 Å². The lowest BCUT2D eigenvalue weighted by molar-refractivity contribution is 0.0911. The Morgan fingerprint density at radius 2 is 2.29 bits per heavy atom. The maximum Gasteiger partial charge on any atom is 0.213 e. The van der Waals surface area contributed by atoms with Gasteiger partial charge in [-0.05, 0) is 13.8 Å². The average Bonchev–Trinajstić information content (AvgIpc) is 2.69. The Morgan fingerprint density at radius 3 is 2.88 bits per heavy atom. The predicted molar refractivity (Wildman–Crippen MR) is 63.0 cm³/mol. The highest BCUT2D eigenvalue weighted by molar-refractivity contribution is 7.89. The van der Waals surface area contributed by atoms with Crippen LogP contribution >= 0.6 is 0 Å². The molecule has 1 rings (SSSR count). The first-order valence-electron chi connectivity index (χ1n) is 5.43. The Morgan fingerprint density at radius 1 is 1.53 bits per heavy atom. The van der Waals surface area contributed by atoms with Crippen LogP contribution in [0.2, 0.25) is 0 Å². The predicted octanol–water partition coefficient (Wildman–Crippen LogP) is -0.308. The van der Waals surface area contributed by atoms with E-state index in [4.69, 9.17) is 4.74 Å². The lowest BCUT2D eigenvalue weighted by atomic mass is 10.4. The third kappa shape index (κ3) is 6.35. The first-order chi connectivity index (χ1) is 7.99. The van der Waals surface area contributed by atoms with Crippen molar-refractivity contribution in [1.29, 1.82) is 0 Å². The number of ether oxygens (including phenoxy) is 1. The van der Waals surface area contributed by atoms with Gasteiger partial charge in [-0.25, -0.2) is 18.1 Å². The molecule has 0 atom stereocenters. The van der Waals surface area contributed by atoms with Crippen molar-refractivity contribution in [3.8, 4) is 0 Å². The quantitative estimate of drug-likeness (QED) is 0.670. The number of hydrogen-bond acceptors (Lipinski definition) is 5. The molecule has 7 nitrogen and oxygen atoms in total. The van der Waals surface area contributed by atoms with Crippen molar-refractivity contribution < 1.29 is 13.2 Å². The van der Waals surface area contributed by atoms with E-state index >= 15 is 0 Å². The molecule has 0 fully saturated rings. The summed E-state index contributed by atoms with van der Waals surface area (Å²) in [5.74, 6) is 0.632. The number of aromatic nitrogens is 3. The number of nitrogens with one attached hydrogen (secondary N) is 2. The fourth-order valence-electron chi connectivity index (χ4n) is 1.14. The van der Waals surface area contributed by atoms with E-state index in [9.17, 15) is 8.42 Å². The third-order valence-corrected chi connectivity index (χ3v) is 3.30. The van der Waals surface area contributed by atoms with E-state index in [1.54, 1.807) is 0 Å². The molecule has 2 N–H and O–H groups in total. The minimum Gasteiger partial charge on any atom is -0.378 e. The minimum atomic E-state index is -3.27. The van der Waals surface area contributed by atoms with Crippen molar-refractivity contribution in [2.75, 3.05) is 18.9 Å². The highest BCUT2D eigenvalue weighted by Crippen LogP contribution is 1.92. The van der Waals surface area contributed by atoms with Gasteiger partial charge in [0.05, 0.1) is 18.5 Å². The molecule has 0 aliphatic rings. The highest BCUT2D eigenvalue weighted by atomic mass is 32.2. The second-order valence-electron chi connectivity index (χ2n) is 3.81. The van der Waals surface area contributed by atoms with Crippen molar-refractivity contribution in [1.82, 2.24) is 19.9 Å². The van der Waals surface area contributed by atoms with Gasteiger partial charge in [-0.3, -0.25) is 5.10 Å². The second-order valence-corrected chi connectivity index (χ2v) is 5.74. The molecule has 1 aromatic rings. The summed E-state index contributed by atoms with van der Waals surface area (Å²) in [5.41, 5.74) is 0. The van der Waals surface area contributed by atoms with Crippen LogP contribution in [0.25, 0.3) is 0 Å².